The van der Waals surface area contributed by atoms with Crippen LogP contribution in [0.4, 0.5) is 5.69 Å². The van der Waals surface area contributed by atoms with Gasteiger partial charge >= 0.3 is 0 Å². The van der Waals surface area contributed by atoms with Gasteiger partial charge < -0.3 is 14.7 Å². The fourth-order valence-corrected chi connectivity index (χ4v) is 1.70. The number of morpholine rings is 1. The van der Waals surface area contributed by atoms with Crippen molar-refractivity contribution in [3.8, 4) is 0 Å². The van der Waals surface area contributed by atoms with Crippen molar-refractivity contribution in [2.45, 2.75) is 6.10 Å². The lowest BCUT2D eigenvalue weighted by Crippen LogP contribution is -2.44. The Hall–Kier alpha value is -1.06. The minimum Gasteiger partial charge on any atom is -0.394 e. The van der Waals surface area contributed by atoms with Crippen LogP contribution in [0.1, 0.15) is 0 Å². The van der Waals surface area contributed by atoms with E-state index in [1.807, 2.05) is 18.2 Å². The van der Waals surface area contributed by atoms with E-state index in [2.05, 4.69) is 17.0 Å². The Balaban J connectivity index is 2.04. The second-order valence-electron chi connectivity index (χ2n) is 3.46. The number of aliphatic hydroxyl groups excluding tert-OH is 1. The third kappa shape index (κ3) is 2.05. The van der Waals surface area contributed by atoms with Crippen molar-refractivity contribution in [1.29, 1.82) is 0 Å². The summed E-state index contributed by atoms with van der Waals surface area (Å²) in [5, 5.41) is 9.00. The van der Waals surface area contributed by atoms with Gasteiger partial charge in [0.25, 0.3) is 0 Å². The molecule has 1 heterocycles. The van der Waals surface area contributed by atoms with Gasteiger partial charge in [-0.05, 0) is 12.1 Å². The maximum Gasteiger partial charge on any atom is 0.0980 e. The molecule has 0 aromatic heterocycles. The van der Waals surface area contributed by atoms with Crippen LogP contribution in [0.15, 0.2) is 30.3 Å². The summed E-state index contributed by atoms with van der Waals surface area (Å²) in [6, 6.07) is 10.2. The molecule has 3 nitrogen and oxygen atoms in total. The van der Waals surface area contributed by atoms with E-state index >= 15 is 0 Å². The summed E-state index contributed by atoms with van der Waals surface area (Å²) in [4.78, 5) is 2.24. The number of hydrogen-bond acceptors (Lipinski definition) is 3. The van der Waals surface area contributed by atoms with Crippen LogP contribution in [0.2, 0.25) is 0 Å². The molecule has 1 N–H and O–H groups in total. The molecule has 14 heavy (non-hydrogen) atoms. The van der Waals surface area contributed by atoms with Crippen LogP contribution in [-0.2, 0) is 4.74 Å². The molecule has 0 spiro atoms. The normalized spacial score (nSPS) is 22.4. The summed E-state index contributed by atoms with van der Waals surface area (Å²) in [5.41, 5.74) is 1.20. The Labute approximate surface area is 83.9 Å². The van der Waals surface area contributed by atoms with E-state index in [0.29, 0.717) is 6.61 Å². The molecule has 76 valence electrons. The lowest BCUT2D eigenvalue weighted by atomic mass is 10.2. The van der Waals surface area contributed by atoms with Gasteiger partial charge in [-0.2, -0.15) is 0 Å². The Kier molecular flexibility index (Phi) is 3.01. The summed E-state index contributed by atoms with van der Waals surface area (Å²) < 4.78 is 5.39. The number of rotatable bonds is 2. The second-order valence-corrected chi connectivity index (χ2v) is 3.46. The van der Waals surface area contributed by atoms with E-state index in [1.165, 1.54) is 5.69 Å². The number of ether oxygens (including phenoxy) is 1. The molecule has 0 amide bonds. The van der Waals surface area contributed by atoms with Gasteiger partial charge in [0, 0.05) is 18.8 Å². The van der Waals surface area contributed by atoms with Gasteiger partial charge in [-0.15, -0.1) is 0 Å². The zero-order valence-corrected chi connectivity index (χ0v) is 8.10. The third-order valence-corrected chi connectivity index (χ3v) is 2.46. The standard InChI is InChI=1S/C11H15NO2/c13-9-11-8-12(6-7-14-11)10-4-2-1-3-5-10/h1-5,11,13H,6-9H2/t11-/m1/s1. The van der Waals surface area contributed by atoms with E-state index in [1.54, 1.807) is 0 Å². The number of benzene rings is 1. The minimum atomic E-state index is -0.0380. The largest absolute Gasteiger partial charge is 0.394 e. The highest BCUT2D eigenvalue weighted by Gasteiger charge is 2.19. The summed E-state index contributed by atoms with van der Waals surface area (Å²) in [6.07, 6.45) is -0.0380. The van der Waals surface area contributed by atoms with Crippen molar-refractivity contribution < 1.29 is 9.84 Å². The molecule has 1 atom stereocenters. The molecule has 1 aromatic carbocycles. The van der Waals surface area contributed by atoms with Gasteiger partial charge in [-0.3, -0.25) is 0 Å². The fourth-order valence-electron chi connectivity index (χ4n) is 1.70. The molecule has 0 bridgehead atoms. The molecule has 0 unspecified atom stereocenters. The van der Waals surface area contributed by atoms with Crippen molar-refractivity contribution in [1.82, 2.24) is 0 Å². The molecule has 0 aliphatic carbocycles. The molecule has 3 heteroatoms. The monoisotopic (exact) mass is 193 g/mol. The summed E-state index contributed by atoms with van der Waals surface area (Å²) in [7, 11) is 0. The molecule has 1 aliphatic rings. The van der Waals surface area contributed by atoms with Crippen molar-refractivity contribution in [2.24, 2.45) is 0 Å². The molecular formula is C11H15NO2. The van der Waals surface area contributed by atoms with E-state index in [-0.39, 0.29) is 12.7 Å². The Bertz CT molecular complexity index is 276. The minimum absolute atomic E-state index is 0.0380. The van der Waals surface area contributed by atoms with Gasteiger partial charge in [0.2, 0.25) is 0 Å². The summed E-state index contributed by atoms with van der Waals surface area (Å²) >= 11 is 0. The Morgan fingerprint density at radius 1 is 1.36 bits per heavy atom. The predicted octanol–water partition coefficient (Wildman–Crippen LogP) is 0.884. The average Bonchev–Trinajstić information content (AvgIpc) is 2.30. The first kappa shape index (κ1) is 9.49. The first-order chi connectivity index (χ1) is 6.90. The number of aliphatic hydroxyl groups is 1. The van der Waals surface area contributed by atoms with E-state index in [4.69, 9.17) is 9.84 Å². The first-order valence-corrected chi connectivity index (χ1v) is 4.92. The number of nitrogens with zero attached hydrogens (tertiary/aromatic N) is 1. The van der Waals surface area contributed by atoms with Gasteiger partial charge in [-0.1, -0.05) is 18.2 Å². The van der Waals surface area contributed by atoms with Crippen molar-refractivity contribution >= 4 is 5.69 Å². The van der Waals surface area contributed by atoms with Crippen LogP contribution in [0, 0.1) is 0 Å². The SMILES string of the molecule is OC[C@H]1CN(c2ccccc2)CCO1. The van der Waals surface area contributed by atoms with E-state index in [9.17, 15) is 0 Å². The van der Waals surface area contributed by atoms with Crippen molar-refractivity contribution in [3.63, 3.8) is 0 Å². The molecular weight excluding hydrogens is 178 g/mol. The summed E-state index contributed by atoms with van der Waals surface area (Å²) in [6.45, 7) is 2.48. The first-order valence-electron chi connectivity index (χ1n) is 4.92. The van der Waals surface area contributed by atoms with Gasteiger partial charge in [0.1, 0.15) is 0 Å². The Morgan fingerprint density at radius 2 is 2.14 bits per heavy atom. The van der Waals surface area contributed by atoms with Crippen LogP contribution >= 0.6 is 0 Å². The quantitative estimate of drug-likeness (QED) is 0.757. The van der Waals surface area contributed by atoms with Crippen molar-refractivity contribution in [2.75, 3.05) is 31.2 Å². The smallest absolute Gasteiger partial charge is 0.0980 e. The number of hydrogen-bond donors (Lipinski definition) is 1. The topological polar surface area (TPSA) is 32.7 Å². The van der Waals surface area contributed by atoms with Crippen LogP contribution < -0.4 is 4.90 Å². The summed E-state index contributed by atoms with van der Waals surface area (Å²) in [5.74, 6) is 0. The molecule has 1 aliphatic heterocycles. The average molecular weight is 193 g/mol. The van der Waals surface area contributed by atoms with Gasteiger partial charge in [0.15, 0.2) is 0 Å². The predicted molar refractivity (Wildman–Crippen MR) is 55.5 cm³/mol. The van der Waals surface area contributed by atoms with Gasteiger partial charge in [0.05, 0.1) is 19.3 Å². The highest BCUT2D eigenvalue weighted by molar-refractivity contribution is 5.46. The van der Waals surface area contributed by atoms with Crippen LogP contribution in [-0.4, -0.2) is 37.5 Å². The van der Waals surface area contributed by atoms with Gasteiger partial charge in [-0.25, -0.2) is 0 Å². The molecule has 0 radical (unpaired) electrons. The van der Waals surface area contributed by atoms with E-state index < -0.39 is 0 Å². The second kappa shape index (κ2) is 4.44. The zero-order valence-electron chi connectivity index (χ0n) is 8.10. The highest BCUT2D eigenvalue weighted by Crippen LogP contribution is 2.16. The fraction of sp³-hybridized carbons (Fsp3) is 0.455. The molecule has 1 fully saturated rings. The molecule has 2 rings (SSSR count). The number of para-hydroxylation sites is 1. The maximum atomic E-state index is 9.00. The lowest BCUT2D eigenvalue weighted by Gasteiger charge is -2.33. The third-order valence-electron chi connectivity index (χ3n) is 2.46. The molecule has 1 saturated heterocycles. The molecule has 1 aromatic rings. The van der Waals surface area contributed by atoms with Crippen molar-refractivity contribution in [3.05, 3.63) is 30.3 Å². The van der Waals surface area contributed by atoms with Crippen LogP contribution in [0.3, 0.4) is 0 Å². The maximum absolute atomic E-state index is 9.00. The molecule has 0 saturated carbocycles. The lowest BCUT2D eigenvalue weighted by molar-refractivity contribution is 0.00357. The number of anilines is 1. The zero-order chi connectivity index (χ0) is 9.80. The van der Waals surface area contributed by atoms with E-state index in [0.717, 1.165) is 13.1 Å². The van der Waals surface area contributed by atoms with Crippen LogP contribution in [0.25, 0.3) is 0 Å². The Morgan fingerprint density at radius 3 is 2.86 bits per heavy atom. The van der Waals surface area contributed by atoms with Crippen LogP contribution in [0.5, 0.6) is 0 Å². The highest BCUT2D eigenvalue weighted by atomic mass is 16.5.